The molecule has 0 fully saturated rings. The fraction of sp³-hybridized carbons (Fsp3) is 0.0909. The first kappa shape index (κ1) is 20.1. The van der Waals surface area contributed by atoms with Crippen LogP contribution in [0.2, 0.25) is 0 Å². The number of nitrogens with zero attached hydrogens (tertiary/aromatic N) is 3. The Kier molecular flexibility index (Phi) is 6.06. The summed E-state index contributed by atoms with van der Waals surface area (Å²) in [5, 5.41) is 15.5. The monoisotopic (exact) mass is 434 g/mol. The van der Waals surface area contributed by atoms with Crippen LogP contribution in [0.5, 0.6) is 5.75 Å². The number of anilines is 1. The van der Waals surface area contributed by atoms with Gasteiger partial charge in [0.2, 0.25) is 0 Å². The first-order valence-corrected chi connectivity index (χ1v) is 11.0. The van der Waals surface area contributed by atoms with Crippen molar-refractivity contribution in [3.05, 3.63) is 82.6 Å². The van der Waals surface area contributed by atoms with Crippen molar-refractivity contribution in [2.45, 2.75) is 17.6 Å². The number of phenols is 1. The average molecular weight is 435 g/mol. The van der Waals surface area contributed by atoms with E-state index in [1.165, 1.54) is 0 Å². The molecule has 0 bridgehead atoms. The van der Waals surface area contributed by atoms with Crippen molar-refractivity contribution in [3.63, 3.8) is 0 Å². The molecule has 0 aliphatic heterocycles. The van der Waals surface area contributed by atoms with Crippen molar-refractivity contribution in [1.82, 2.24) is 15.0 Å². The van der Waals surface area contributed by atoms with Gasteiger partial charge in [0.25, 0.3) is 5.91 Å². The molecule has 2 aromatic carbocycles. The average Bonchev–Trinajstić information content (AvgIpc) is 3.18. The summed E-state index contributed by atoms with van der Waals surface area (Å²) in [6.45, 7) is 2.00. The summed E-state index contributed by atoms with van der Waals surface area (Å²) >= 11 is 3.33. The number of phenolic OH excluding ortho intramolecular Hbond substituents is 1. The van der Waals surface area contributed by atoms with E-state index in [9.17, 15) is 9.90 Å². The normalized spacial score (nSPS) is 10.7. The Morgan fingerprint density at radius 2 is 1.90 bits per heavy atom. The molecule has 0 spiro atoms. The maximum Gasteiger partial charge on any atom is 0.255 e. The Hall–Kier alpha value is -3.23. The van der Waals surface area contributed by atoms with Crippen LogP contribution in [-0.4, -0.2) is 26.0 Å². The maximum absolute atomic E-state index is 12.5. The standard InChI is InChI=1S/C22H18N4O2S2/c1-14-25-18(12-29-14)13-30-20-7-5-15(6-8-20)22(28)26-17-10-23-21(24-11-17)16-3-2-4-19(27)9-16/h2-12,27H,13H2,1H3,(H,26,28). The summed E-state index contributed by atoms with van der Waals surface area (Å²) in [4.78, 5) is 26.5. The number of nitrogens with one attached hydrogen (secondary N) is 1. The lowest BCUT2D eigenvalue weighted by Crippen LogP contribution is -2.12. The van der Waals surface area contributed by atoms with Crippen LogP contribution in [0.4, 0.5) is 5.69 Å². The van der Waals surface area contributed by atoms with Gasteiger partial charge in [-0.15, -0.1) is 23.1 Å². The first-order valence-electron chi connectivity index (χ1n) is 9.13. The van der Waals surface area contributed by atoms with E-state index in [1.807, 2.05) is 25.1 Å². The Balaban J connectivity index is 1.36. The lowest BCUT2D eigenvalue weighted by Gasteiger charge is -2.07. The van der Waals surface area contributed by atoms with Crippen LogP contribution in [0.3, 0.4) is 0 Å². The predicted octanol–water partition coefficient (Wildman–Crippen LogP) is 5.16. The van der Waals surface area contributed by atoms with Crippen molar-refractivity contribution in [2.24, 2.45) is 0 Å². The van der Waals surface area contributed by atoms with Crippen LogP contribution in [0.1, 0.15) is 21.1 Å². The summed E-state index contributed by atoms with van der Waals surface area (Å²) in [5.74, 6) is 1.20. The number of aromatic nitrogens is 3. The van der Waals surface area contributed by atoms with Gasteiger partial charge in [0, 0.05) is 27.2 Å². The van der Waals surface area contributed by atoms with Crippen molar-refractivity contribution >= 4 is 34.7 Å². The van der Waals surface area contributed by atoms with Gasteiger partial charge in [0.1, 0.15) is 5.75 Å². The molecule has 0 aliphatic rings. The molecular formula is C22H18N4O2S2. The second-order valence-corrected chi connectivity index (χ2v) is 8.58. The molecule has 1 amide bonds. The molecule has 30 heavy (non-hydrogen) atoms. The van der Waals surface area contributed by atoms with E-state index in [0.717, 1.165) is 21.3 Å². The molecule has 0 saturated carbocycles. The number of hydrogen-bond donors (Lipinski definition) is 2. The second-order valence-electron chi connectivity index (χ2n) is 6.47. The fourth-order valence-electron chi connectivity index (χ4n) is 2.72. The quantitative estimate of drug-likeness (QED) is 0.408. The highest BCUT2D eigenvalue weighted by molar-refractivity contribution is 7.98. The molecule has 150 valence electrons. The number of aryl methyl sites for hydroxylation is 1. The van der Waals surface area contributed by atoms with E-state index < -0.39 is 0 Å². The lowest BCUT2D eigenvalue weighted by molar-refractivity contribution is 0.102. The van der Waals surface area contributed by atoms with E-state index in [-0.39, 0.29) is 11.7 Å². The molecule has 4 rings (SSSR count). The van der Waals surface area contributed by atoms with Gasteiger partial charge >= 0.3 is 0 Å². The first-order chi connectivity index (χ1) is 14.6. The van der Waals surface area contributed by atoms with Gasteiger partial charge in [-0.25, -0.2) is 15.0 Å². The number of thioether (sulfide) groups is 1. The number of hydrogen-bond acceptors (Lipinski definition) is 7. The Morgan fingerprint density at radius 3 is 2.57 bits per heavy atom. The molecule has 6 nitrogen and oxygen atoms in total. The number of carbonyl (C=O) groups is 1. The maximum atomic E-state index is 12.5. The second kappa shape index (κ2) is 9.06. The smallest absolute Gasteiger partial charge is 0.255 e. The third-order valence-corrected chi connectivity index (χ3v) is 6.05. The van der Waals surface area contributed by atoms with Crippen molar-refractivity contribution in [1.29, 1.82) is 0 Å². The van der Waals surface area contributed by atoms with Crippen molar-refractivity contribution in [3.8, 4) is 17.1 Å². The van der Waals surface area contributed by atoms with E-state index in [1.54, 1.807) is 65.8 Å². The molecule has 2 N–H and O–H groups in total. The molecule has 4 aromatic rings. The molecule has 0 unspecified atom stereocenters. The van der Waals surface area contributed by atoms with E-state index in [4.69, 9.17) is 0 Å². The topological polar surface area (TPSA) is 88.0 Å². The summed E-state index contributed by atoms with van der Waals surface area (Å²) in [6.07, 6.45) is 3.09. The number of aromatic hydroxyl groups is 1. The van der Waals surface area contributed by atoms with Crippen molar-refractivity contribution < 1.29 is 9.90 Å². The lowest BCUT2D eigenvalue weighted by atomic mass is 10.2. The molecule has 2 heterocycles. The molecule has 0 radical (unpaired) electrons. The summed E-state index contributed by atoms with van der Waals surface area (Å²) in [7, 11) is 0. The fourth-order valence-corrected chi connectivity index (χ4v) is 4.23. The van der Waals surface area contributed by atoms with Crippen LogP contribution in [0.25, 0.3) is 11.4 Å². The zero-order valence-electron chi connectivity index (χ0n) is 16.1. The van der Waals surface area contributed by atoms with Crippen LogP contribution in [0.15, 0.2) is 71.2 Å². The number of rotatable bonds is 6. The zero-order valence-corrected chi connectivity index (χ0v) is 17.7. The predicted molar refractivity (Wildman–Crippen MR) is 120 cm³/mol. The number of benzene rings is 2. The SMILES string of the molecule is Cc1nc(CSc2ccc(C(=O)Nc3cnc(-c4cccc(O)c4)nc3)cc2)cs1. The van der Waals surface area contributed by atoms with Crippen LogP contribution in [0, 0.1) is 6.92 Å². The molecule has 8 heteroatoms. The largest absolute Gasteiger partial charge is 0.508 e. The highest BCUT2D eigenvalue weighted by Gasteiger charge is 2.09. The molecule has 2 aromatic heterocycles. The van der Waals surface area contributed by atoms with Crippen LogP contribution >= 0.6 is 23.1 Å². The zero-order chi connectivity index (χ0) is 20.9. The summed E-state index contributed by atoms with van der Waals surface area (Å²) in [6, 6.07) is 14.2. The van der Waals surface area contributed by atoms with E-state index >= 15 is 0 Å². The Bertz CT molecular complexity index is 1160. The van der Waals surface area contributed by atoms with Crippen molar-refractivity contribution in [2.75, 3.05) is 5.32 Å². The van der Waals surface area contributed by atoms with Gasteiger partial charge in [0.05, 0.1) is 28.8 Å². The van der Waals surface area contributed by atoms with E-state index in [0.29, 0.717) is 22.6 Å². The number of thiazole rings is 1. The van der Waals surface area contributed by atoms with Crippen LogP contribution < -0.4 is 5.32 Å². The van der Waals surface area contributed by atoms with Gasteiger partial charge in [-0.1, -0.05) is 12.1 Å². The van der Waals surface area contributed by atoms with Gasteiger partial charge in [-0.3, -0.25) is 4.79 Å². The number of amides is 1. The summed E-state index contributed by atoms with van der Waals surface area (Å²) < 4.78 is 0. The third-order valence-electron chi connectivity index (χ3n) is 4.18. The molecular weight excluding hydrogens is 416 g/mol. The third kappa shape index (κ3) is 5.03. The molecule has 0 saturated heterocycles. The van der Waals surface area contributed by atoms with Gasteiger partial charge in [0.15, 0.2) is 5.82 Å². The summed E-state index contributed by atoms with van der Waals surface area (Å²) in [5.41, 5.74) is 2.83. The van der Waals surface area contributed by atoms with Gasteiger partial charge in [-0.2, -0.15) is 0 Å². The highest BCUT2D eigenvalue weighted by Crippen LogP contribution is 2.24. The number of carbonyl (C=O) groups excluding carboxylic acids is 1. The minimum absolute atomic E-state index is 0.150. The molecule has 0 aliphatic carbocycles. The van der Waals surface area contributed by atoms with Gasteiger partial charge in [-0.05, 0) is 43.3 Å². The minimum Gasteiger partial charge on any atom is -0.508 e. The Labute approximate surface area is 182 Å². The van der Waals surface area contributed by atoms with E-state index in [2.05, 4.69) is 25.6 Å². The van der Waals surface area contributed by atoms with Crippen LogP contribution in [-0.2, 0) is 5.75 Å². The van der Waals surface area contributed by atoms with Gasteiger partial charge < -0.3 is 10.4 Å². The molecule has 0 atom stereocenters. The Morgan fingerprint density at radius 1 is 1.13 bits per heavy atom. The minimum atomic E-state index is -0.226. The highest BCUT2D eigenvalue weighted by atomic mass is 32.2.